The van der Waals surface area contributed by atoms with Crippen LogP contribution in [0, 0.1) is 6.92 Å². The molecular formula is C23H29ClN2O2. The van der Waals surface area contributed by atoms with Crippen molar-refractivity contribution >= 4 is 23.4 Å². The van der Waals surface area contributed by atoms with Crippen LogP contribution in [-0.4, -0.2) is 29.3 Å². The van der Waals surface area contributed by atoms with Crippen molar-refractivity contribution < 1.29 is 9.59 Å². The predicted molar refractivity (Wildman–Crippen MR) is 114 cm³/mol. The molecule has 0 unspecified atom stereocenters. The highest BCUT2D eigenvalue weighted by Gasteiger charge is 2.28. The molecular weight excluding hydrogens is 372 g/mol. The minimum absolute atomic E-state index is 0.0564. The normalized spacial score (nSPS) is 11.7. The molecule has 2 amide bonds. The Morgan fingerprint density at radius 2 is 1.79 bits per heavy atom. The number of rotatable bonds is 9. The first-order valence-electron chi connectivity index (χ1n) is 9.81. The number of nitrogens with zero attached hydrogens (tertiary/aromatic N) is 1. The van der Waals surface area contributed by atoms with Crippen molar-refractivity contribution in [3.63, 3.8) is 0 Å². The van der Waals surface area contributed by atoms with Crippen molar-refractivity contribution in [2.75, 3.05) is 6.54 Å². The predicted octanol–water partition coefficient (Wildman–Crippen LogP) is 4.52. The number of hydrogen-bond donors (Lipinski definition) is 1. The summed E-state index contributed by atoms with van der Waals surface area (Å²) in [6.07, 6.45) is 1.69. The van der Waals surface area contributed by atoms with Crippen LogP contribution in [0.4, 0.5) is 0 Å². The van der Waals surface area contributed by atoms with Gasteiger partial charge in [0, 0.05) is 18.1 Å². The van der Waals surface area contributed by atoms with E-state index in [9.17, 15) is 9.59 Å². The van der Waals surface area contributed by atoms with Crippen LogP contribution >= 0.6 is 11.6 Å². The van der Waals surface area contributed by atoms with E-state index in [-0.39, 0.29) is 18.2 Å². The number of carbonyl (C=O) groups is 2. The lowest BCUT2D eigenvalue weighted by Crippen LogP contribution is -2.49. The molecule has 0 radical (unpaired) electrons. The van der Waals surface area contributed by atoms with Gasteiger partial charge in [0.25, 0.3) is 0 Å². The fourth-order valence-corrected chi connectivity index (χ4v) is 3.30. The lowest BCUT2D eigenvalue weighted by atomic mass is 10.1. The van der Waals surface area contributed by atoms with Gasteiger partial charge in [0.05, 0.1) is 6.42 Å². The first kappa shape index (κ1) is 22.0. The number of benzene rings is 2. The Morgan fingerprint density at radius 1 is 1.07 bits per heavy atom. The summed E-state index contributed by atoms with van der Waals surface area (Å²) in [6.45, 7) is 6.93. The van der Waals surface area contributed by atoms with Crippen LogP contribution in [0.5, 0.6) is 0 Å². The molecule has 0 aliphatic rings. The standard InChI is InChI=1S/C23H29ClN2O2/c1-4-13-25-23(28)21(5-2)26(16-18-9-11-20(24)12-10-18)22(27)15-19-8-6-7-17(3)14-19/h6-12,14,21H,4-5,13,15-16H2,1-3H3,(H,25,28)/t21-/m0/s1. The Labute approximate surface area is 172 Å². The van der Waals surface area contributed by atoms with Gasteiger partial charge in [-0.05, 0) is 43.0 Å². The second kappa shape index (κ2) is 10.9. The minimum Gasteiger partial charge on any atom is -0.354 e. The summed E-state index contributed by atoms with van der Waals surface area (Å²) in [5.74, 6) is -0.157. The molecule has 0 fully saturated rings. The first-order chi connectivity index (χ1) is 13.4. The van der Waals surface area contributed by atoms with E-state index in [2.05, 4.69) is 5.32 Å². The fraction of sp³-hybridized carbons (Fsp3) is 0.391. The van der Waals surface area contributed by atoms with Gasteiger partial charge in [0.15, 0.2) is 0 Å². The summed E-state index contributed by atoms with van der Waals surface area (Å²) in [4.78, 5) is 27.6. The van der Waals surface area contributed by atoms with Crippen molar-refractivity contribution in [3.8, 4) is 0 Å². The van der Waals surface area contributed by atoms with Gasteiger partial charge in [0.1, 0.15) is 6.04 Å². The van der Waals surface area contributed by atoms with Gasteiger partial charge in [-0.2, -0.15) is 0 Å². The first-order valence-corrected chi connectivity index (χ1v) is 10.2. The molecule has 150 valence electrons. The van der Waals surface area contributed by atoms with Gasteiger partial charge < -0.3 is 10.2 Å². The molecule has 1 atom stereocenters. The van der Waals surface area contributed by atoms with Crippen molar-refractivity contribution in [1.82, 2.24) is 10.2 Å². The van der Waals surface area contributed by atoms with Gasteiger partial charge in [-0.15, -0.1) is 0 Å². The average Bonchev–Trinajstić information content (AvgIpc) is 2.67. The van der Waals surface area contributed by atoms with Gasteiger partial charge in [-0.25, -0.2) is 0 Å². The molecule has 1 N–H and O–H groups in total. The van der Waals surface area contributed by atoms with Gasteiger partial charge in [-0.3, -0.25) is 9.59 Å². The molecule has 2 rings (SSSR count). The Kier molecular flexibility index (Phi) is 8.52. The zero-order valence-corrected chi connectivity index (χ0v) is 17.6. The molecule has 0 saturated heterocycles. The number of nitrogens with one attached hydrogen (secondary N) is 1. The van der Waals surface area contributed by atoms with Crippen LogP contribution in [-0.2, 0) is 22.6 Å². The summed E-state index contributed by atoms with van der Waals surface area (Å²) in [7, 11) is 0. The van der Waals surface area contributed by atoms with E-state index in [1.807, 2.05) is 57.2 Å². The van der Waals surface area contributed by atoms with E-state index in [1.165, 1.54) is 0 Å². The summed E-state index contributed by atoms with van der Waals surface area (Å²) >= 11 is 5.99. The molecule has 0 heterocycles. The molecule has 0 aromatic heterocycles. The fourth-order valence-electron chi connectivity index (χ4n) is 3.17. The summed E-state index contributed by atoms with van der Waals surface area (Å²) in [6, 6.07) is 14.8. The lowest BCUT2D eigenvalue weighted by Gasteiger charge is -2.31. The molecule has 0 bridgehead atoms. The third kappa shape index (κ3) is 6.38. The second-order valence-electron chi connectivity index (χ2n) is 7.03. The maximum absolute atomic E-state index is 13.2. The third-order valence-electron chi connectivity index (χ3n) is 4.64. The highest BCUT2D eigenvalue weighted by atomic mass is 35.5. The molecule has 0 aliphatic heterocycles. The Bertz CT molecular complexity index is 789. The van der Waals surface area contributed by atoms with E-state index in [0.717, 1.165) is 23.1 Å². The number of aryl methyl sites for hydroxylation is 1. The quantitative estimate of drug-likeness (QED) is 0.672. The Morgan fingerprint density at radius 3 is 2.39 bits per heavy atom. The number of halogens is 1. The van der Waals surface area contributed by atoms with Gasteiger partial charge in [-0.1, -0.05) is 67.4 Å². The van der Waals surface area contributed by atoms with Crippen LogP contribution in [0.3, 0.4) is 0 Å². The molecule has 0 saturated carbocycles. The van der Waals surface area contributed by atoms with Crippen LogP contribution < -0.4 is 5.32 Å². The minimum atomic E-state index is -0.500. The van der Waals surface area contributed by atoms with Crippen molar-refractivity contribution in [2.24, 2.45) is 0 Å². The topological polar surface area (TPSA) is 49.4 Å². The summed E-state index contributed by atoms with van der Waals surface area (Å²) < 4.78 is 0. The zero-order chi connectivity index (χ0) is 20.5. The maximum atomic E-state index is 13.2. The maximum Gasteiger partial charge on any atom is 0.242 e. The van der Waals surface area contributed by atoms with Crippen LogP contribution in [0.15, 0.2) is 48.5 Å². The lowest BCUT2D eigenvalue weighted by molar-refractivity contribution is -0.140. The SMILES string of the molecule is CCCNC(=O)[C@H](CC)N(Cc1ccc(Cl)cc1)C(=O)Cc1cccc(C)c1. The molecule has 5 heteroatoms. The van der Waals surface area contributed by atoms with Crippen molar-refractivity contribution in [1.29, 1.82) is 0 Å². The van der Waals surface area contributed by atoms with E-state index < -0.39 is 6.04 Å². The van der Waals surface area contributed by atoms with Gasteiger partial charge >= 0.3 is 0 Å². The van der Waals surface area contributed by atoms with Gasteiger partial charge in [0.2, 0.25) is 11.8 Å². The van der Waals surface area contributed by atoms with E-state index >= 15 is 0 Å². The highest BCUT2D eigenvalue weighted by molar-refractivity contribution is 6.30. The van der Waals surface area contributed by atoms with Crippen molar-refractivity contribution in [3.05, 3.63) is 70.2 Å². The summed E-state index contributed by atoms with van der Waals surface area (Å²) in [5, 5.41) is 3.58. The largest absolute Gasteiger partial charge is 0.354 e. The average molecular weight is 401 g/mol. The Hall–Kier alpha value is -2.33. The molecule has 28 heavy (non-hydrogen) atoms. The monoisotopic (exact) mass is 400 g/mol. The number of carbonyl (C=O) groups excluding carboxylic acids is 2. The Balaban J connectivity index is 2.26. The highest BCUT2D eigenvalue weighted by Crippen LogP contribution is 2.17. The van der Waals surface area contributed by atoms with E-state index in [1.54, 1.807) is 17.0 Å². The molecule has 4 nitrogen and oxygen atoms in total. The third-order valence-corrected chi connectivity index (χ3v) is 4.89. The second-order valence-corrected chi connectivity index (χ2v) is 7.47. The zero-order valence-electron chi connectivity index (χ0n) is 16.9. The molecule has 0 spiro atoms. The smallest absolute Gasteiger partial charge is 0.242 e. The molecule has 2 aromatic rings. The van der Waals surface area contributed by atoms with Crippen molar-refractivity contribution in [2.45, 2.75) is 52.6 Å². The number of hydrogen-bond acceptors (Lipinski definition) is 2. The number of amides is 2. The summed E-state index contributed by atoms with van der Waals surface area (Å²) in [5.41, 5.74) is 3.01. The van der Waals surface area contributed by atoms with Crippen LogP contribution in [0.2, 0.25) is 5.02 Å². The molecule has 0 aliphatic carbocycles. The van der Waals surface area contributed by atoms with Crippen LogP contribution in [0.1, 0.15) is 43.4 Å². The van der Waals surface area contributed by atoms with E-state index in [0.29, 0.717) is 24.5 Å². The van der Waals surface area contributed by atoms with Crippen LogP contribution in [0.25, 0.3) is 0 Å². The molecule has 2 aromatic carbocycles. The van der Waals surface area contributed by atoms with E-state index in [4.69, 9.17) is 11.6 Å².